The van der Waals surface area contributed by atoms with E-state index in [0.29, 0.717) is 12.6 Å². The predicted octanol–water partition coefficient (Wildman–Crippen LogP) is 3.98. The van der Waals surface area contributed by atoms with Gasteiger partial charge in [-0.15, -0.1) is 0 Å². The van der Waals surface area contributed by atoms with Gasteiger partial charge in [0, 0.05) is 24.7 Å². The van der Waals surface area contributed by atoms with E-state index in [1.165, 1.54) is 31.5 Å². The highest BCUT2D eigenvalue weighted by Gasteiger charge is 2.22. The Bertz CT molecular complexity index is 659. The Morgan fingerprint density at radius 1 is 1.16 bits per heavy atom. The van der Waals surface area contributed by atoms with E-state index in [0.717, 1.165) is 36.5 Å². The van der Waals surface area contributed by atoms with E-state index in [1.807, 2.05) is 18.2 Å². The minimum absolute atomic E-state index is 0.221. The molecular formula is C21H27FN2O. The molecule has 2 aromatic rings. The van der Waals surface area contributed by atoms with Crippen LogP contribution in [0.4, 0.5) is 4.39 Å². The molecule has 0 saturated carbocycles. The Morgan fingerprint density at radius 2 is 1.96 bits per heavy atom. The van der Waals surface area contributed by atoms with Gasteiger partial charge in [-0.1, -0.05) is 37.3 Å². The van der Waals surface area contributed by atoms with Crippen molar-refractivity contribution in [3.63, 3.8) is 0 Å². The summed E-state index contributed by atoms with van der Waals surface area (Å²) >= 11 is 0. The van der Waals surface area contributed by atoms with Crippen LogP contribution in [0.25, 0.3) is 0 Å². The van der Waals surface area contributed by atoms with E-state index in [-0.39, 0.29) is 5.82 Å². The van der Waals surface area contributed by atoms with E-state index >= 15 is 0 Å². The summed E-state index contributed by atoms with van der Waals surface area (Å²) in [5.41, 5.74) is 2.12. The number of likely N-dealkylation sites (N-methyl/N-ethyl adjacent to an activating group) is 1. The van der Waals surface area contributed by atoms with Crippen molar-refractivity contribution in [2.45, 2.75) is 39.0 Å². The van der Waals surface area contributed by atoms with E-state index in [9.17, 15) is 4.39 Å². The molecule has 4 heteroatoms. The number of nitrogens with zero attached hydrogens (tertiary/aromatic N) is 1. The molecule has 0 radical (unpaired) electrons. The van der Waals surface area contributed by atoms with Crippen LogP contribution in [0.15, 0.2) is 48.5 Å². The average Bonchev–Trinajstić information content (AvgIpc) is 3.10. The van der Waals surface area contributed by atoms with Gasteiger partial charge in [0.2, 0.25) is 0 Å². The smallest absolute Gasteiger partial charge is 0.124 e. The van der Waals surface area contributed by atoms with Gasteiger partial charge in [0.15, 0.2) is 0 Å². The summed E-state index contributed by atoms with van der Waals surface area (Å²) in [6.45, 7) is 6.85. The van der Waals surface area contributed by atoms with Gasteiger partial charge in [-0.2, -0.15) is 0 Å². The third-order valence-corrected chi connectivity index (χ3v) is 4.88. The van der Waals surface area contributed by atoms with Gasteiger partial charge in [-0.3, -0.25) is 4.90 Å². The average molecular weight is 342 g/mol. The van der Waals surface area contributed by atoms with Gasteiger partial charge in [0.05, 0.1) is 0 Å². The summed E-state index contributed by atoms with van der Waals surface area (Å²) in [5, 5.41) is 3.58. The van der Waals surface area contributed by atoms with Crippen molar-refractivity contribution in [2.24, 2.45) is 0 Å². The van der Waals surface area contributed by atoms with Crippen LogP contribution in [0.5, 0.6) is 5.75 Å². The highest BCUT2D eigenvalue weighted by atomic mass is 19.1. The molecule has 0 spiro atoms. The highest BCUT2D eigenvalue weighted by molar-refractivity contribution is 5.33. The molecule has 134 valence electrons. The normalized spacial score (nSPS) is 17.8. The van der Waals surface area contributed by atoms with Gasteiger partial charge in [0.25, 0.3) is 0 Å². The van der Waals surface area contributed by atoms with Crippen LogP contribution in [-0.2, 0) is 13.2 Å². The molecule has 0 unspecified atom stereocenters. The van der Waals surface area contributed by atoms with Crippen molar-refractivity contribution in [1.29, 1.82) is 0 Å². The third-order valence-electron chi connectivity index (χ3n) is 4.88. The first-order valence-corrected chi connectivity index (χ1v) is 9.16. The first-order chi connectivity index (χ1) is 12.3. The van der Waals surface area contributed by atoms with Crippen LogP contribution >= 0.6 is 0 Å². The van der Waals surface area contributed by atoms with Crippen molar-refractivity contribution >= 4 is 0 Å². The summed E-state index contributed by atoms with van der Waals surface area (Å²) in [7, 11) is 0. The summed E-state index contributed by atoms with van der Waals surface area (Å²) in [6, 6.07) is 15.2. The zero-order chi connectivity index (χ0) is 17.5. The molecule has 0 bridgehead atoms. The minimum atomic E-state index is -0.221. The maximum Gasteiger partial charge on any atom is 0.124 e. The molecule has 3 rings (SSSR count). The van der Waals surface area contributed by atoms with Crippen LogP contribution in [0.3, 0.4) is 0 Å². The number of benzene rings is 2. The van der Waals surface area contributed by atoms with Gasteiger partial charge in [-0.05, 0) is 49.7 Å². The monoisotopic (exact) mass is 342 g/mol. The Morgan fingerprint density at radius 3 is 2.76 bits per heavy atom. The number of nitrogens with one attached hydrogen (secondary N) is 1. The molecule has 0 aromatic heterocycles. The van der Waals surface area contributed by atoms with Crippen LogP contribution in [-0.4, -0.2) is 30.6 Å². The summed E-state index contributed by atoms with van der Waals surface area (Å²) in [6.07, 6.45) is 2.58. The summed E-state index contributed by atoms with van der Waals surface area (Å²) in [4.78, 5) is 2.55. The molecule has 0 aliphatic carbocycles. The molecular weight excluding hydrogens is 315 g/mol. The molecule has 25 heavy (non-hydrogen) atoms. The van der Waals surface area contributed by atoms with Crippen molar-refractivity contribution in [1.82, 2.24) is 10.2 Å². The number of rotatable bonds is 8. The molecule has 1 N–H and O–H groups in total. The van der Waals surface area contributed by atoms with Gasteiger partial charge >= 0.3 is 0 Å². The van der Waals surface area contributed by atoms with Crippen LogP contribution in [0.1, 0.15) is 30.9 Å². The van der Waals surface area contributed by atoms with Gasteiger partial charge in [-0.25, -0.2) is 4.39 Å². The number of ether oxygens (including phenoxy) is 1. The van der Waals surface area contributed by atoms with Crippen LogP contribution in [0.2, 0.25) is 0 Å². The molecule has 0 amide bonds. The van der Waals surface area contributed by atoms with E-state index < -0.39 is 0 Å². The Balaban J connectivity index is 1.52. The predicted molar refractivity (Wildman–Crippen MR) is 99.1 cm³/mol. The fourth-order valence-corrected chi connectivity index (χ4v) is 3.45. The molecule has 1 saturated heterocycles. The zero-order valence-electron chi connectivity index (χ0n) is 14.9. The quantitative estimate of drug-likeness (QED) is 0.785. The molecule has 2 aromatic carbocycles. The molecule has 1 aliphatic rings. The Kier molecular flexibility index (Phi) is 6.42. The number of halogens is 1. The Labute approximate surface area is 149 Å². The highest BCUT2D eigenvalue weighted by Crippen LogP contribution is 2.20. The van der Waals surface area contributed by atoms with Crippen molar-refractivity contribution in [3.05, 3.63) is 65.5 Å². The van der Waals surface area contributed by atoms with E-state index in [4.69, 9.17) is 4.74 Å². The van der Waals surface area contributed by atoms with Crippen molar-refractivity contribution < 1.29 is 9.13 Å². The van der Waals surface area contributed by atoms with Gasteiger partial charge < -0.3 is 10.1 Å². The lowest BCUT2D eigenvalue weighted by Crippen LogP contribution is -2.37. The van der Waals surface area contributed by atoms with Crippen LogP contribution < -0.4 is 10.1 Å². The maximum atomic E-state index is 13.0. The molecule has 1 aliphatic heterocycles. The SMILES string of the molecule is CCN1CCC[C@@H]1CNCc1ccccc1OCc1ccc(F)cc1. The molecule has 1 heterocycles. The Hall–Kier alpha value is -1.91. The van der Waals surface area contributed by atoms with E-state index in [2.05, 4.69) is 23.2 Å². The second-order valence-electron chi connectivity index (χ2n) is 6.58. The van der Waals surface area contributed by atoms with Crippen molar-refractivity contribution in [2.75, 3.05) is 19.6 Å². The van der Waals surface area contributed by atoms with Gasteiger partial charge in [0.1, 0.15) is 18.2 Å². The fraction of sp³-hybridized carbons (Fsp3) is 0.429. The number of hydrogen-bond acceptors (Lipinski definition) is 3. The fourth-order valence-electron chi connectivity index (χ4n) is 3.45. The lowest BCUT2D eigenvalue weighted by molar-refractivity contribution is 0.259. The molecule has 3 nitrogen and oxygen atoms in total. The first kappa shape index (κ1) is 17.9. The first-order valence-electron chi connectivity index (χ1n) is 9.16. The van der Waals surface area contributed by atoms with Crippen molar-refractivity contribution in [3.8, 4) is 5.75 Å². The molecule has 1 fully saturated rings. The topological polar surface area (TPSA) is 24.5 Å². The summed E-state index contributed by atoms with van der Waals surface area (Å²) < 4.78 is 18.9. The largest absolute Gasteiger partial charge is 0.489 e. The van der Waals surface area contributed by atoms with E-state index in [1.54, 1.807) is 12.1 Å². The number of para-hydroxylation sites is 1. The second kappa shape index (κ2) is 8.97. The second-order valence-corrected chi connectivity index (χ2v) is 6.58. The minimum Gasteiger partial charge on any atom is -0.489 e. The maximum absolute atomic E-state index is 13.0. The summed E-state index contributed by atoms with van der Waals surface area (Å²) in [5.74, 6) is 0.666. The zero-order valence-corrected chi connectivity index (χ0v) is 14.9. The number of hydrogen-bond donors (Lipinski definition) is 1. The lowest BCUT2D eigenvalue weighted by atomic mass is 10.1. The van der Waals surface area contributed by atoms with Crippen LogP contribution in [0, 0.1) is 5.82 Å². The molecule has 1 atom stereocenters. The standard InChI is InChI=1S/C21H27FN2O/c1-2-24-13-5-7-20(24)15-23-14-18-6-3-4-8-21(18)25-16-17-9-11-19(22)12-10-17/h3-4,6,8-12,20,23H,2,5,7,13-16H2,1H3/t20-/m1/s1. The number of likely N-dealkylation sites (tertiary alicyclic amines) is 1. The third kappa shape index (κ3) is 5.03. The lowest BCUT2D eigenvalue weighted by Gasteiger charge is -2.23.